The molecule has 1 aliphatic rings. The molecule has 144 valence electrons. The number of nitrogens with one attached hydrogen (secondary N) is 1. The van der Waals surface area contributed by atoms with Gasteiger partial charge in [-0.05, 0) is 12.1 Å². The molecule has 1 fully saturated rings. The van der Waals surface area contributed by atoms with Gasteiger partial charge in [0.1, 0.15) is 29.5 Å². The summed E-state index contributed by atoms with van der Waals surface area (Å²) in [7, 11) is 0. The van der Waals surface area contributed by atoms with E-state index in [0.717, 1.165) is 5.69 Å². The minimum absolute atomic E-state index is 0.0606. The first-order chi connectivity index (χ1) is 13.5. The van der Waals surface area contributed by atoms with Crippen molar-refractivity contribution in [3.05, 3.63) is 47.2 Å². The van der Waals surface area contributed by atoms with Crippen LogP contribution >= 0.6 is 11.6 Å². The second-order valence-electron chi connectivity index (χ2n) is 6.32. The molecular weight excluding hydrogens is 386 g/mol. The topological polar surface area (TPSA) is 136 Å². The maximum absolute atomic E-state index is 10.3. The van der Waals surface area contributed by atoms with E-state index in [9.17, 15) is 20.6 Å². The number of ether oxygens (including phenoxy) is 1. The lowest BCUT2D eigenvalue weighted by atomic mass is 10.1. The van der Waals surface area contributed by atoms with Gasteiger partial charge in [0.2, 0.25) is 5.95 Å². The SMILES string of the molecule is N#Cc1cn([C@@H]2O[C@H](CO)[C@@H](O)[C@H]2O)c2nc(Nc3ccccc3)nc(Cl)c12. The highest BCUT2D eigenvalue weighted by Gasteiger charge is 2.44. The molecule has 1 aromatic carbocycles. The second-order valence-corrected chi connectivity index (χ2v) is 6.68. The van der Waals surface area contributed by atoms with Gasteiger partial charge in [0, 0.05) is 11.9 Å². The van der Waals surface area contributed by atoms with Gasteiger partial charge >= 0.3 is 0 Å². The Morgan fingerprint density at radius 2 is 1.96 bits per heavy atom. The molecule has 0 bridgehead atoms. The monoisotopic (exact) mass is 401 g/mol. The predicted octanol–water partition coefficient (Wildman–Crippen LogP) is 1.31. The van der Waals surface area contributed by atoms with Gasteiger partial charge in [-0.2, -0.15) is 10.2 Å². The van der Waals surface area contributed by atoms with Crippen molar-refractivity contribution in [1.29, 1.82) is 5.26 Å². The molecule has 3 heterocycles. The van der Waals surface area contributed by atoms with Crippen LogP contribution in [0.25, 0.3) is 11.0 Å². The van der Waals surface area contributed by atoms with E-state index in [1.807, 2.05) is 36.4 Å². The van der Waals surface area contributed by atoms with Crippen molar-refractivity contribution in [2.24, 2.45) is 0 Å². The lowest BCUT2D eigenvalue weighted by molar-refractivity contribution is -0.0508. The first-order valence-electron chi connectivity index (χ1n) is 8.46. The molecular formula is C18H16ClN5O4. The van der Waals surface area contributed by atoms with E-state index in [1.54, 1.807) is 0 Å². The van der Waals surface area contributed by atoms with E-state index in [-0.39, 0.29) is 22.3 Å². The maximum atomic E-state index is 10.3. The van der Waals surface area contributed by atoms with Crippen LogP contribution in [0.4, 0.5) is 11.6 Å². The highest BCUT2D eigenvalue weighted by atomic mass is 35.5. The van der Waals surface area contributed by atoms with Crippen molar-refractivity contribution in [3.63, 3.8) is 0 Å². The Morgan fingerprint density at radius 3 is 2.61 bits per heavy atom. The van der Waals surface area contributed by atoms with Crippen LogP contribution in [0, 0.1) is 11.3 Å². The number of nitrogens with zero attached hydrogens (tertiary/aromatic N) is 4. The highest BCUT2D eigenvalue weighted by Crippen LogP contribution is 2.35. The third-order valence-corrected chi connectivity index (χ3v) is 4.84. The maximum Gasteiger partial charge on any atom is 0.230 e. The van der Waals surface area contributed by atoms with E-state index in [4.69, 9.17) is 16.3 Å². The van der Waals surface area contributed by atoms with Gasteiger partial charge in [-0.3, -0.25) is 0 Å². The van der Waals surface area contributed by atoms with Crippen LogP contribution in [-0.4, -0.2) is 54.8 Å². The molecule has 0 aliphatic carbocycles. The van der Waals surface area contributed by atoms with Gasteiger partial charge in [-0.25, -0.2) is 4.98 Å². The summed E-state index contributed by atoms with van der Waals surface area (Å²) in [4.78, 5) is 8.62. The Labute approximate surface area is 164 Å². The summed E-state index contributed by atoms with van der Waals surface area (Å²) in [5.74, 6) is 0.194. The molecule has 3 aromatic rings. The van der Waals surface area contributed by atoms with Crippen LogP contribution in [-0.2, 0) is 4.74 Å². The van der Waals surface area contributed by atoms with Crippen LogP contribution in [0.1, 0.15) is 11.8 Å². The first kappa shape index (κ1) is 18.6. The van der Waals surface area contributed by atoms with E-state index in [2.05, 4.69) is 15.3 Å². The molecule has 0 spiro atoms. The molecule has 10 heteroatoms. The second kappa shape index (κ2) is 7.35. The number of aliphatic hydroxyl groups is 3. The zero-order chi connectivity index (χ0) is 19.8. The van der Waals surface area contributed by atoms with Crippen LogP contribution < -0.4 is 5.32 Å². The zero-order valence-electron chi connectivity index (χ0n) is 14.4. The van der Waals surface area contributed by atoms with Gasteiger partial charge in [0.25, 0.3) is 0 Å². The number of rotatable bonds is 4. The average Bonchev–Trinajstić information content (AvgIpc) is 3.20. The summed E-state index contributed by atoms with van der Waals surface area (Å²) >= 11 is 6.31. The largest absolute Gasteiger partial charge is 0.394 e. The highest BCUT2D eigenvalue weighted by molar-refractivity contribution is 6.34. The van der Waals surface area contributed by atoms with Gasteiger partial charge in [-0.15, -0.1) is 0 Å². The van der Waals surface area contributed by atoms with Crippen molar-refractivity contribution in [2.45, 2.75) is 24.5 Å². The Morgan fingerprint density at radius 1 is 1.21 bits per heavy atom. The van der Waals surface area contributed by atoms with Crippen LogP contribution in [0.3, 0.4) is 0 Å². The number of anilines is 2. The lowest BCUT2D eigenvalue weighted by Gasteiger charge is -2.17. The fourth-order valence-corrected chi connectivity index (χ4v) is 3.47. The molecule has 1 saturated heterocycles. The smallest absolute Gasteiger partial charge is 0.230 e. The summed E-state index contributed by atoms with van der Waals surface area (Å²) in [6.45, 7) is -0.463. The van der Waals surface area contributed by atoms with Crippen molar-refractivity contribution < 1.29 is 20.1 Å². The molecule has 0 unspecified atom stereocenters. The average molecular weight is 402 g/mol. The summed E-state index contributed by atoms with van der Waals surface area (Å²) in [5, 5.41) is 42.6. The number of benzene rings is 1. The number of halogens is 1. The van der Waals surface area contributed by atoms with Gasteiger partial charge in [0.05, 0.1) is 17.6 Å². The standard InChI is InChI=1S/C18H16ClN5O4/c19-15-12-9(6-20)7-24(17-14(27)13(26)11(8-25)28-17)16(12)23-18(22-15)21-10-4-2-1-3-5-10/h1-5,7,11,13-14,17,25-27H,8H2,(H,21,22,23)/t11-,13-,14-,17-/m1/s1. The quantitative estimate of drug-likeness (QED) is 0.480. The number of hydrogen-bond acceptors (Lipinski definition) is 8. The minimum atomic E-state index is -1.32. The zero-order valence-corrected chi connectivity index (χ0v) is 15.2. The predicted molar refractivity (Wildman–Crippen MR) is 100.0 cm³/mol. The first-order valence-corrected chi connectivity index (χ1v) is 8.84. The molecule has 0 radical (unpaired) electrons. The lowest BCUT2D eigenvalue weighted by Crippen LogP contribution is -2.33. The van der Waals surface area contributed by atoms with E-state index >= 15 is 0 Å². The Hall–Kier alpha value is -2.74. The molecule has 2 aromatic heterocycles. The van der Waals surface area contributed by atoms with Crippen molar-refractivity contribution in [1.82, 2.24) is 14.5 Å². The number of hydrogen-bond donors (Lipinski definition) is 4. The normalized spacial score (nSPS) is 24.4. The number of para-hydroxylation sites is 1. The van der Waals surface area contributed by atoms with E-state index in [1.165, 1.54) is 10.8 Å². The third-order valence-electron chi connectivity index (χ3n) is 4.57. The summed E-state index contributed by atoms with van der Waals surface area (Å²) in [5.41, 5.74) is 1.19. The van der Waals surface area contributed by atoms with Gasteiger partial charge in [0.15, 0.2) is 11.9 Å². The molecule has 4 N–H and O–H groups in total. The Balaban J connectivity index is 1.82. The van der Waals surface area contributed by atoms with Crippen LogP contribution in [0.15, 0.2) is 36.5 Å². The van der Waals surface area contributed by atoms with Crippen LogP contribution in [0.2, 0.25) is 5.15 Å². The molecule has 1 aliphatic heterocycles. The van der Waals surface area contributed by atoms with Crippen molar-refractivity contribution in [2.75, 3.05) is 11.9 Å². The summed E-state index contributed by atoms with van der Waals surface area (Å²) in [6, 6.07) is 11.2. The Bertz CT molecular complexity index is 1050. The molecule has 0 saturated carbocycles. The Kier molecular flexibility index (Phi) is 4.89. The van der Waals surface area contributed by atoms with Crippen molar-refractivity contribution in [3.8, 4) is 6.07 Å². The molecule has 9 nitrogen and oxygen atoms in total. The van der Waals surface area contributed by atoms with Crippen LogP contribution in [0.5, 0.6) is 0 Å². The molecule has 0 amide bonds. The number of nitriles is 1. The minimum Gasteiger partial charge on any atom is -0.394 e. The summed E-state index contributed by atoms with van der Waals surface area (Å²) < 4.78 is 6.98. The van der Waals surface area contributed by atoms with E-state index < -0.39 is 31.1 Å². The van der Waals surface area contributed by atoms with Crippen molar-refractivity contribution >= 4 is 34.3 Å². The third kappa shape index (κ3) is 3.07. The van der Waals surface area contributed by atoms with E-state index in [0.29, 0.717) is 5.39 Å². The van der Waals surface area contributed by atoms with Gasteiger partial charge in [-0.1, -0.05) is 29.8 Å². The van der Waals surface area contributed by atoms with Gasteiger partial charge < -0.3 is 29.9 Å². The number of aliphatic hydroxyl groups excluding tert-OH is 3. The number of aromatic nitrogens is 3. The summed E-state index contributed by atoms with van der Waals surface area (Å²) in [6.07, 6.45) is -3.18. The fraction of sp³-hybridized carbons (Fsp3) is 0.278. The molecule has 4 atom stereocenters. The molecule has 4 rings (SSSR count). The fourth-order valence-electron chi connectivity index (χ4n) is 3.20. The molecule has 28 heavy (non-hydrogen) atoms. The number of fused-ring (bicyclic) bond motifs is 1.